The number of rotatable bonds is 16. The average molecular weight is 393 g/mol. The van der Waals surface area contributed by atoms with E-state index in [0.29, 0.717) is 6.17 Å². The van der Waals surface area contributed by atoms with Gasteiger partial charge in [0.2, 0.25) is 5.91 Å². The molecule has 1 aliphatic heterocycles. The van der Waals surface area contributed by atoms with Crippen molar-refractivity contribution in [3.8, 4) is 0 Å². The lowest BCUT2D eigenvalue weighted by molar-refractivity contribution is -0.923. The summed E-state index contributed by atoms with van der Waals surface area (Å²) in [4.78, 5) is 11.5. The summed E-state index contributed by atoms with van der Waals surface area (Å²) in [5.41, 5.74) is 0. The fourth-order valence-corrected chi connectivity index (χ4v) is 4.31. The summed E-state index contributed by atoms with van der Waals surface area (Å²) in [5, 5.41) is 6.62. The SMILES string of the molecule is CCCC/C=C/CCCCCCCCCC1NC=C[N+]1(CC)C(C)NC(C)=O. The van der Waals surface area contributed by atoms with Crippen LogP contribution < -0.4 is 10.6 Å². The fraction of sp³-hybridized carbons (Fsp3) is 0.792. The number of allylic oxidation sites excluding steroid dienone is 2. The van der Waals surface area contributed by atoms with Crippen LogP contribution in [-0.2, 0) is 4.79 Å². The van der Waals surface area contributed by atoms with Crippen molar-refractivity contribution in [2.45, 2.75) is 117 Å². The summed E-state index contributed by atoms with van der Waals surface area (Å²) in [5.74, 6) is 0.0500. The van der Waals surface area contributed by atoms with Crippen molar-refractivity contribution in [1.82, 2.24) is 10.6 Å². The molecular formula is C24H46N3O+. The van der Waals surface area contributed by atoms with Crippen molar-refractivity contribution in [2.24, 2.45) is 0 Å². The first-order chi connectivity index (χ1) is 13.6. The van der Waals surface area contributed by atoms with Crippen LogP contribution in [0.2, 0.25) is 0 Å². The smallest absolute Gasteiger partial charge is 0.221 e. The minimum atomic E-state index is 0.0500. The van der Waals surface area contributed by atoms with Gasteiger partial charge in [-0.3, -0.25) is 9.28 Å². The summed E-state index contributed by atoms with van der Waals surface area (Å²) < 4.78 is 0.811. The number of carbonyl (C=O) groups is 1. The molecule has 0 aromatic carbocycles. The maximum absolute atomic E-state index is 11.5. The number of hydrogen-bond acceptors (Lipinski definition) is 2. The van der Waals surface area contributed by atoms with Gasteiger partial charge in [0.1, 0.15) is 6.20 Å². The van der Waals surface area contributed by atoms with Crippen LogP contribution in [0.25, 0.3) is 0 Å². The number of nitrogens with one attached hydrogen (secondary N) is 2. The molecule has 0 aromatic rings. The molecule has 1 heterocycles. The highest BCUT2D eigenvalue weighted by Crippen LogP contribution is 2.26. The summed E-state index contributed by atoms with van der Waals surface area (Å²) >= 11 is 0. The molecule has 1 aliphatic rings. The molecule has 1 amide bonds. The highest BCUT2D eigenvalue weighted by Gasteiger charge is 2.41. The van der Waals surface area contributed by atoms with Gasteiger partial charge in [0.05, 0.1) is 12.7 Å². The van der Waals surface area contributed by atoms with Crippen molar-refractivity contribution >= 4 is 5.91 Å². The Labute approximate surface area is 174 Å². The van der Waals surface area contributed by atoms with Gasteiger partial charge < -0.3 is 10.6 Å². The molecule has 0 aromatic heterocycles. The molecule has 0 saturated carbocycles. The van der Waals surface area contributed by atoms with Crippen molar-refractivity contribution in [3.63, 3.8) is 0 Å². The lowest BCUT2D eigenvalue weighted by Gasteiger charge is -2.41. The summed E-state index contributed by atoms with van der Waals surface area (Å²) in [6.45, 7) is 9.17. The number of hydrogen-bond donors (Lipinski definition) is 2. The van der Waals surface area contributed by atoms with Gasteiger partial charge in [-0.1, -0.05) is 64.0 Å². The van der Waals surface area contributed by atoms with Crippen LogP contribution in [0.1, 0.15) is 105 Å². The van der Waals surface area contributed by atoms with Gasteiger partial charge in [-0.05, 0) is 32.6 Å². The van der Waals surface area contributed by atoms with E-state index in [4.69, 9.17) is 0 Å². The van der Waals surface area contributed by atoms with Gasteiger partial charge in [0.15, 0.2) is 12.3 Å². The Kier molecular flexibility index (Phi) is 13.0. The maximum Gasteiger partial charge on any atom is 0.221 e. The molecular weight excluding hydrogens is 346 g/mol. The van der Waals surface area contributed by atoms with E-state index in [1.165, 1.54) is 70.6 Å². The topological polar surface area (TPSA) is 41.1 Å². The normalized spacial score (nSPS) is 22.5. The second-order valence-corrected chi connectivity index (χ2v) is 8.35. The van der Waals surface area contributed by atoms with E-state index in [0.717, 1.165) is 17.4 Å². The Bertz CT molecular complexity index is 474. The van der Waals surface area contributed by atoms with Gasteiger partial charge in [-0.15, -0.1) is 0 Å². The maximum atomic E-state index is 11.5. The third-order valence-corrected chi connectivity index (χ3v) is 6.14. The lowest BCUT2D eigenvalue weighted by atomic mass is 10.1. The van der Waals surface area contributed by atoms with Crippen LogP contribution in [0.5, 0.6) is 0 Å². The minimum absolute atomic E-state index is 0.0500. The molecule has 1 rings (SSSR count). The Morgan fingerprint density at radius 3 is 2.25 bits per heavy atom. The molecule has 3 atom stereocenters. The predicted octanol–water partition coefficient (Wildman–Crippen LogP) is 5.96. The van der Waals surface area contributed by atoms with Crippen molar-refractivity contribution in [1.29, 1.82) is 0 Å². The first-order valence-electron chi connectivity index (χ1n) is 11.8. The molecule has 0 radical (unpaired) electrons. The van der Waals surface area contributed by atoms with Gasteiger partial charge in [0.25, 0.3) is 0 Å². The summed E-state index contributed by atoms with van der Waals surface area (Å²) in [6.07, 6.45) is 25.2. The minimum Gasteiger partial charge on any atom is -0.338 e. The third kappa shape index (κ3) is 8.81. The average Bonchev–Trinajstić information content (AvgIpc) is 3.09. The predicted molar refractivity (Wildman–Crippen MR) is 120 cm³/mol. The first-order valence-corrected chi connectivity index (χ1v) is 11.8. The van der Waals surface area contributed by atoms with Crippen molar-refractivity contribution in [3.05, 3.63) is 24.6 Å². The third-order valence-electron chi connectivity index (χ3n) is 6.14. The number of amides is 1. The van der Waals surface area contributed by atoms with E-state index in [1.54, 1.807) is 6.92 Å². The van der Waals surface area contributed by atoms with E-state index >= 15 is 0 Å². The molecule has 4 nitrogen and oxygen atoms in total. The monoisotopic (exact) mass is 392 g/mol. The molecule has 0 fully saturated rings. The Hall–Kier alpha value is -1.29. The van der Waals surface area contributed by atoms with E-state index in [2.05, 4.69) is 56.0 Å². The highest BCUT2D eigenvalue weighted by atomic mass is 16.1. The van der Waals surface area contributed by atoms with Gasteiger partial charge in [-0.2, -0.15) is 0 Å². The molecule has 3 unspecified atom stereocenters. The molecule has 4 heteroatoms. The fourth-order valence-electron chi connectivity index (χ4n) is 4.31. The largest absolute Gasteiger partial charge is 0.338 e. The Balaban J connectivity index is 2.12. The zero-order valence-corrected chi connectivity index (χ0v) is 19.0. The quantitative estimate of drug-likeness (QED) is 0.193. The van der Waals surface area contributed by atoms with Crippen LogP contribution in [0.3, 0.4) is 0 Å². The van der Waals surface area contributed by atoms with Crippen molar-refractivity contribution < 1.29 is 9.28 Å². The van der Waals surface area contributed by atoms with Crippen LogP contribution in [0.15, 0.2) is 24.6 Å². The summed E-state index contributed by atoms with van der Waals surface area (Å²) in [6, 6.07) is 0. The van der Waals surface area contributed by atoms with Gasteiger partial charge >= 0.3 is 0 Å². The highest BCUT2D eigenvalue weighted by molar-refractivity contribution is 5.72. The molecule has 162 valence electrons. The second-order valence-electron chi connectivity index (χ2n) is 8.35. The second kappa shape index (κ2) is 14.7. The molecule has 28 heavy (non-hydrogen) atoms. The molecule has 0 bridgehead atoms. The zero-order chi connectivity index (χ0) is 20.7. The first kappa shape index (κ1) is 24.7. The van der Waals surface area contributed by atoms with Gasteiger partial charge in [0, 0.05) is 20.3 Å². The van der Waals surface area contributed by atoms with Crippen LogP contribution in [0, 0.1) is 0 Å². The van der Waals surface area contributed by atoms with E-state index < -0.39 is 0 Å². The summed E-state index contributed by atoms with van der Waals surface area (Å²) in [7, 11) is 0. The Morgan fingerprint density at radius 2 is 1.64 bits per heavy atom. The molecule has 2 N–H and O–H groups in total. The van der Waals surface area contributed by atoms with E-state index in [9.17, 15) is 4.79 Å². The molecule has 0 aliphatic carbocycles. The lowest BCUT2D eigenvalue weighted by Crippen LogP contribution is -2.62. The van der Waals surface area contributed by atoms with Crippen LogP contribution >= 0.6 is 0 Å². The zero-order valence-electron chi connectivity index (χ0n) is 19.0. The molecule has 0 saturated heterocycles. The molecule has 0 spiro atoms. The Morgan fingerprint density at radius 1 is 1.04 bits per heavy atom. The van der Waals surface area contributed by atoms with E-state index in [1.807, 2.05) is 0 Å². The van der Waals surface area contributed by atoms with Crippen LogP contribution in [0.4, 0.5) is 0 Å². The van der Waals surface area contributed by atoms with Gasteiger partial charge in [-0.25, -0.2) is 0 Å². The van der Waals surface area contributed by atoms with Crippen molar-refractivity contribution in [2.75, 3.05) is 6.54 Å². The van der Waals surface area contributed by atoms with Crippen LogP contribution in [-0.4, -0.2) is 29.3 Å². The number of carbonyl (C=O) groups excluding carboxylic acids is 1. The number of quaternary nitrogens is 1. The number of unbranched alkanes of at least 4 members (excludes halogenated alkanes) is 9. The standard InChI is InChI=1S/C24H45N3O/c1-5-7-8-9-10-11-12-13-14-15-16-17-18-19-24-25-20-21-27(24,6-2)22(3)26-23(4)28/h9-10,20-22,24-25H,5-8,11-19H2,1-4H3/p+1/b10-9+. The van der Waals surface area contributed by atoms with E-state index in [-0.39, 0.29) is 12.1 Å². The number of nitrogens with zero attached hydrogens (tertiary/aromatic N) is 1.